The molecule has 7 heteroatoms. The van der Waals surface area contributed by atoms with Crippen molar-refractivity contribution in [1.82, 2.24) is 9.97 Å². The number of nitrogens with zero attached hydrogens (tertiary/aromatic N) is 2. The fraction of sp³-hybridized carbons (Fsp3) is 0. The van der Waals surface area contributed by atoms with Crippen molar-refractivity contribution in [1.29, 1.82) is 0 Å². The first-order valence-electron chi connectivity index (χ1n) is 4.91. The molecule has 0 aliphatic heterocycles. The molecule has 1 amide bonds. The molecule has 0 bridgehead atoms. The van der Waals surface area contributed by atoms with Crippen LogP contribution in [0.3, 0.4) is 0 Å². The molecule has 0 spiro atoms. The Hall–Kier alpha value is -1.79. The van der Waals surface area contributed by atoms with Crippen LogP contribution in [0.1, 0.15) is 10.4 Å². The summed E-state index contributed by atoms with van der Waals surface area (Å²) in [5.74, 6) is -0.462. The number of carbonyl (C=O) groups excluding carboxylic acids is 1. The lowest BCUT2D eigenvalue weighted by Gasteiger charge is -2.05. The number of anilines is 1. The first kappa shape index (κ1) is 12.7. The van der Waals surface area contributed by atoms with E-state index >= 15 is 0 Å². The molecule has 0 aliphatic rings. The fourth-order valence-electron chi connectivity index (χ4n) is 1.24. The van der Waals surface area contributed by atoms with Gasteiger partial charge in [0.1, 0.15) is 17.0 Å². The highest BCUT2D eigenvalue weighted by Crippen LogP contribution is 2.32. The van der Waals surface area contributed by atoms with Gasteiger partial charge in [0.05, 0.1) is 0 Å². The summed E-state index contributed by atoms with van der Waals surface area (Å²) in [6.45, 7) is 0. The van der Waals surface area contributed by atoms with Crippen LogP contribution in [0.4, 0.5) is 5.69 Å². The summed E-state index contributed by atoms with van der Waals surface area (Å²) >= 11 is 7.13. The predicted octanol–water partition coefficient (Wildman–Crippen LogP) is 1.96. The zero-order valence-electron chi connectivity index (χ0n) is 9.13. The summed E-state index contributed by atoms with van der Waals surface area (Å²) in [6.07, 6.45) is 1.35. The second kappa shape index (κ2) is 5.24. The van der Waals surface area contributed by atoms with Gasteiger partial charge in [-0.1, -0.05) is 23.4 Å². The van der Waals surface area contributed by atoms with E-state index in [1.54, 1.807) is 24.3 Å². The maximum Gasteiger partial charge on any atom is 0.248 e. The van der Waals surface area contributed by atoms with E-state index in [2.05, 4.69) is 9.97 Å². The van der Waals surface area contributed by atoms with Crippen LogP contribution < -0.4 is 11.5 Å². The van der Waals surface area contributed by atoms with Gasteiger partial charge in [-0.15, -0.1) is 0 Å². The zero-order chi connectivity index (χ0) is 13.1. The molecule has 0 unspecified atom stereocenters. The molecule has 2 rings (SSSR count). The van der Waals surface area contributed by atoms with Crippen molar-refractivity contribution < 1.29 is 4.79 Å². The van der Waals surface area contributed by atoms with Gasteiger partial charge in [0.25, 0.3) is 0 Å². The van der Waals surface area contributed by atoms with Crippen LogP contribution in [0, 0.1) is 0 Å². The van der Waals surface area contributed by atoms with Gasteiger partial charge in [-0.2, -0.15) is 0 Å². The Balaban J connectivity index is 2.24. The first-order valence-corrected chi connectivity index (χ1v) is 6.11. The van der Waals surface area contributed by atoms with Crippen LogP contribution in [0.2, 0.25) is 5.15 Å². The lowest BCUT2D eigenvalue weighted by Crippen LogP contribution is -2.10. The molecule has 18 heavy (non-hydrogen) atoms. The van der Waals surface area contributed by atoms with E-state index in [0.29, 0.717) is 16.3 Å². The molecule has 0 saturated carbocycles. The number of hydrogen-bond donors (Lipinski definition) is 2. The van der Waals surface area contributed by atoms with E-state index in [4.69, 9.17) is 23.1 Å². The van der Waals surface area contributed by atoms with Crippen molar-refractivity contribution in [3.05, 3.63) is 41.3 Å². The van der Waals surface area contributed by atoms with Crippen LogP contribution >= 0.6 is 23.4 Å². The number of benzene rings is 1. The molecule has 0 radical (unpaired) electrons. The molecule has 92 valence electrons. The molecule has 1 heterocycles. The minimum Gasteiger partial charge on any atom is -0.394 e. The lowest BCUT2D eigenvalue weighted by molar-refractivity contribution is 0.1000. The average molecular weight is 281 g/mol. The summed E-state index contributed by atoms with van der Waals surface area (Å²) in [6, 6.07) is 6.81. The van der Waals surface area contributed by atoms with Gasteiger partial charge in [-0.05, 0) is 24.3 Å². The SMILES string of the molecule is NC(=O)c1ccc(Sc2ncnc(Cl)c2N)cc1. The van der Waals surface area contributed by atoms with Gasteiger partial charge < -0.3 is 11.5 Å². The molecular weight excluding hydrogens is 272 g/mol. The number of nitrogens with two attached hydrogens (primary N) is 2. The maximum absolute atomic E-state index is 10.9. The van der Waals surface area contributed by atoms with Crippen LogP contribution in [0.5, 0.6) is 0 Å². The van der Waals surface area contributed by atoms with Crippen LogP contribution in [-0.4, -0.2) is 15.9 Å². The molecular formula is C11H9ClN4OS. The van der Waals surface area contributed by atoms with Gasteiger partial charge >= 0.3 is 0 Å². The fourth-order valence-corrected chi connectivity index (χ4v) is 2.23. The smallest absolute Gasteiger partial charge is 0.248 e. The minimum atomic E-state index is -0.462. The largest absolute Gasteiger partial charge is 0.394 e. The van der Waals surface area contributed by atoms with Gasteiger partial charge in [0.2, 0.25) is 5.91 Å². The van der Waals surface area contributed by atoms with E-state index in [-0.39, 0.29) is 5.15 Å². The molecule has 0 aliphatic carbocycles. The summed E-state index contributed by atoms with van der Waals surface area (Å²) in [7, 11) is 0. The van der Waals surface area contributed by atoms with E-state index in [1.165, 1.54) is 18.1 Å². The van der Waals surface area contributed by atoms with Crippen molar-refractivity contribution in [2.75, 3.05) is 5.73 Å². The van der Waals surface area contributed by atoms with Crippen LogP contribution in [0.15, 0.2) is 40.5 Å². The van der Waals surface area contributed by atoms with Crippen molar-refractivity contribution >= 4 is 35.0 Å². The van der Waals surface area contributed by atoms with Gasteiger partial charge in [0.15, 0.2) is 5.15 Å². The van der Waals surface area contributed by atoms with Crippen molar-refractivity contribution in [2.24, 2.45) is 5.73 Å². The van der Waals surface area contributed by atoms with E-state index in [1.807, 2.05) is 0 Å². The summed E-state index contributed by atoms with van der Waals surface area (Å²) in [5.41, 5.74) is 11.7. The summed E-state index contributed by atoms with van der Waals surface area (Å²) < 4.78 is 0. The topological polar surface area (TPSA) is 94.9 Å². The number of hydrogen-bond acceptors (Lipinski definition) is 5. The van der Waals surface area contributed by atoms with Gasteiger partial charge in [0, 0.05) is 10.5 Å². The molecule has 0 fully saturated rings. The molecule has 2 aromatic rings. The Kier molecular flexibility index (Phi) is 3.69. The Bertz CT molecular complexity index is 588. The number of aromatic nitrogens is 2. The second-order valence-corrected chi connectivity index (χ2v) is 4.79. The quantitative estimate of drug-likeness (QED) is 0.838. The Morgan fingerprint density at radius 2 is 1.89 bits per heavy atom. The molecule has 1 aromatic carbocycles. The third-order valence-corrected chi connectivity index (χ3v) is 3.48. The average Bonchev–Trinajstić information content (AvgIpc) is 2.36. The Morgan fingerprint density at radius 1 is 1.22 bits per heavy atom. The maximum atomic E-state index is 10.9. The predicted molar refractivity (Wildman–Crippen MR) is 70.5 cm³/mol. The highest BCUT2D eigenvalue weighted by atomic mass is 35.5. The molecule has 5 nitrogen and oxygen atoms in total. The second-order valence-electron chi connectivity index (χ2n) is 3.37. The third kappa shape index (κ3) is 2.72. The van der Waals surface area contributed by atoms with Gasteiger partial charge in [-0.25, -0.2) is 9.97 Å². The molecule has 1 aromatic heterocycles. The number of amides is 1. The number of halogens is 1. The third-order valence-electron chi connectivity index (χ3n) is 2.15. The highest BCUT2D eigenvalue weighted by Gasteiger charge is 2.08. The first-order chi connectivity index (χ1) is 8.58. The molecule has 0 saturated heterocycles. The zero-order valence-corrected chi connectivity index (χ0v) is 10.7. The van der Waals surface area contributed by atoms with Crippen LogP contribution in [-0.2, 0) is 0 Å². The monoisotopic (exact) mass is 280 g/mol. The number of rotatable bonds is 3. The van der Waals surface area contributed by atoms with Gasteiger partial charge in [-0.3, -0.25) is 4.79 Å². The Morgan fingerprint density at radius 3 is 2.50 bits per heavy atom. The minimum absolute atomic E-state index is 0.223. The molecule has 0 atom stereocenters. The van der Waals surface area contributed by atoms with E-state index in [9.17, 15) is 4.79 Å². The summed E-state index contributed by atoms with van der Waals surface area (Å²) in [4.78, 5) is 19.6. The lowest BCUT2D eigenvalue weighted by atomic mass is 10.2. The van der Waals surface area contributed by atoms with Crippen molar-refractivity contribution in [3.8, 4) is 0 Å². The normalized spacial score (nSPS) is 10.3. The Labute approximate surface area is 113 Å². The molecule has 4 N–H and O–H groups in total. The van der Waals surface area contributed by atoms with Crippen molar-refractivity contribution in [3.63, 3.8) is 0 Å². The van der Waals surface area contributed by atoms with E-state index in [0.717, 1.165) is 4.90 Å². The van der Waals surface area contributed by atoms with Crippen LogP contribution in [0.25, 0.3) is 0 Å². The summed E-state index contributed by atoms with van der Waals surface area (Å²) in [5, 5.41) is 0.795. The van der Waals surface area contributed by atoms with E-state index < -0.39 is 5.91 Å². The number of nitrogen functional groups attached to an aromatic ring is 1. The number of primary amides is 1. The number of carbonyl (C=O) groups is 1. The van der Waals surface area contributed by atoms with Crippen molar-refractivity contribution in [2.45, 2.75) is 9.92 Å². The highest BCUT2D eigenvalue weighted by molar-refractivity contribution is 7.99. The standard InChI is InChI=1S/C11H9ClN4OS/c12-9-8(13)11(16-5-15-9)18-7-3-1-6(2-4-7)10(14)17/h1-5H,13H2,(H2,14,17).